The molecule has 0 unspecified atom stereocenters. The van der Waals surface area contributed by atoms with Crippen molar-refractivity contribution in [3.05, 3.63) is 49.1 Å². The Kier molecular flexibility index (Phi) is 12.2. The maximum Gasteiger partial charge on any atom is 0.329 e. The normalized spacial score (nSPS) is 12.4. The molecule has 0 spiro atoms. The Morgan fingerprint density at radius 2 is 1.06 bits per heavy atom. The Bertz CT molecular complexity index is 830. The third kappa shape index (κ3) is 9.96. The van der Waals surface area contributed by atoms with Crippen LogP contribution in [0.15, 0.2) is 49.1 Å². The molecule has 0 fully saturated rings. The van der Waals surface area contributed by atoms with E-state index in [-0.39, 0.29) is 36.2 Å². The lowest BCUT2D eigenvalue weighted by atomic mass is 10.3. The molecule has 2 amide bonds. The SMILES string of the molecule is COC(=O)[C@H](CSSC[C@@H](NC(=O)CCn1cccc1)C(=O)OC)NC(=O)CCn1cccc1. The second kappa shape index (κ2) is 15.1. The molecule has 0 aliphatic rings. The summed E-state index contributed by atoms with van der Waals surface area (Å²) in [5.41, 5.74) is 0. The number of hydrogen-bond acceptors (Lipinski definition) is 8. The largest absolute Gasteiger partial charge is 0.467 e. The molecule has 2 heterocycles. The van der Waals surface area contributed by atoms with Gasteiger partial charge in [0, 0.05) is 62.2 Å². The molecule has 2 N–H and O–H groups in total. The number of amides is 2. The zero-order valence-electron chi connectivity index (χ0n) is 19.2. The standard InChI is InChI=1S/C22H30N4O6S2/c1-31-21(29)17(23-19(27)7-13-25-9-3-4-10-25)15-33-34-16-18(22(30)32-2)24-20(28)8-14-26-11-5-6-12-26/h3-6,9-12,17-18H,7-8,13-16H2,1-2H3,(H,23,27)(H,24,28)/t17-,18+. The summed E-state index contributed by atoms with van der Waals surface area (Å²) in [6.45, 7) is 0.999. The van der Waals surface area contributed by atoms with Crippen LogP contribution >= 0.6 is 21.6 Å². The number of ether oxygens (including phenoxy) is 2. The summed E-state index contributed by atoms with van der Waals surface area (Å²) in [7, 11) is 5.10. The first-order chi connectivity index (χ1) is 16.4. The van der Waals surface area contributed by atoms with Crippen molar-refractivity contribution in [1.29, 1.82) is 0 Å². The predicted octanol–water partition coefficient (Wildman–Crippen LogP) is 1.47. The fourth-order valence-corrected chi connectivity index (χ4v) is 5.18. The highest BCUT2D eigenvalue weighted by atomic mass is 33.1. The summed E-state index contributed by atoms with van der Waals surface area (Å²) >= 11 is 0. The summed E-state index contributed by atoms with van der Waals surface area (Å²) in [5.74, 6) is -1.16. The summed E-state index contributed by atoms with van der Waals surface area (Å²) in [6, 6.07) is 5.83. The minimum Gasteiger partial charge on any atom is -0.467 e. The third-order valence-corrected chi connectivity index (χ3v) is 7.14. The first-order valence-corrected chi connectivity index (χ1v) is 13.1. The minimum absolute atomic E-state index is 0.222. The van der Waals surface area contributed by atoms with Crippen molar-refractivity contribution in [1.82, 2.24) is 19.8 Å². The minimum atomic E-state index is -0.826. The van der Waals surface area contributed by atoms with Crippen LogP contribution in [-0.4, -0.2) is 70.7 Å². The molecular weight excluding hydrogens is 480 g/mol. The number of rotatable bonds is 15. The third-order valence-electron chi connectivity index (χ3n) is 4.72. The molecule has 186 valence electrons. The number of nitrogens with zero attached hydrogens (tertiary/aromatic N) is 2. The van der Waals surface area contributed by atoms with Crippen LogP contribution in [0.2, 0.25) is 0 Å². The quantitative estimate of drug-likeness (QED) is 0.210. The predicted molar refractivity (Wildman–Crippen MR) is 131 cm³/mol. The highest BCUT2D eigenvalue weighted by Gasteiger charge is 2.24. The van der Waals surface area contributed by atoms with Crippen molar-refractivity contribution in [2.24, 2.45) is 0 Å². The summed E-state index contributed by atoms with van der Waals surface area (Å²) < 4.78 is 13.3. The number of aromatic nitrogens is 2. The molecule has 0 radical (unpaired) electrons. The van der Waals surface area contributed by atoms with Crippen molar-refractivity contribution in [2.45, 2.75) is 38.0 Å². The summed E-state index contributed by atoms with van der Waals surface area (Å²) in [5, 5.41) is 5.38. The Morgan fingerprint density at radius 3 is 1.38 bits per heavy atom. The van der Waals surface area contributed by atoms with E-state index in [4.69, 9.17) is 9.47 Å². The van der Waals surface area contributed by atoms with E-state index in [1.54, 1.807) is 0 Å². The van der Waals surface area contributed by atoms with Gasteiger partial charge in [-0.2, -0.15) is 0 Å². The van der Waals surface area contributed by atoms with Gasteiger partial charge in [0.1, 0.15) is 12.1 Å². The molecule has 0 aromatic carbocycles. The number of methoxy groups -OCH3 is 2. The Labute approximate surface area is 206 Å². The van der Waals surface area contributed by atoms with E-state index in [0.29, 0.717) is 13.1 Å². The monoisotopic (exact) mass is 510 g/mol. The van der Waals surface area contributed by atoms with E-state index in [1.165, 1.54) is 35.8 Å². The van der Waals surface area contributed by atoms with Gasteiger partial charge in [-0.1, -0.05) is 21.6 Å². The summed E-state index contributed by atoms with van der Waals surface area (Å²) in [4.78, 5) is 48.7. The van der Waals surface area contributed by atoms with Crippen LogP contribution in [0.4, 0.5) is 0 Å². The van der Waals surface area contributed by atoms with Crippen molar-refractivity contribution < 1.29 is 28.7 Å². The molecule has 2 rings (SSSR count). The van der Waals surface area contributed by atoms with Gasteiger partial charge in [0.15, 0.2) is 0 Å². The van der Waals surface area contributed by atoms with Gasteiger partial charge in [-0.05, 0) is 24.3 Å². The molecule has 2 aromatic heterocycles. The second-order valence-electron chi connectivity index (χ2n) is 7.20. The van der Waals surface area contributed by atoms with E-state index >= 15 is 0 Å². The van der Waals surface area contributed by atoms with Gasteiger partial charge in [-0.15, -0.1) is 0 Å². The molecule has 0 aliphatic carbocycles. The lowest BCUT2D eigenvalue weighted by molar-refractivity contribution is -0.144. The van der Waals surface area contributed by atoms with Crippen molar-refractivity contribution >= 4 is 45.3 Å². The van der Waals surface area contributed by atoms with Crippen LogP contribution in [-0.2, 0) is 41.7 Å². The maximum absolute atomic E-state index is 12.2. The highest BCUT2D eigenvalue weighted by Crippen LogP contribution is 2.23. The van der Waals surface area contributed by atoms with Crippen LogP contribution in [0.3, 0.4) is 0 Å². The molecule has 0 saturated carbocycles. The number of hydrogen-bond donors (Lipinski definition) is 2. The fraction of sp³-hybridized carbons (Fsp3) is 0.455. The molecule has 2 atom stereocenters. The van der Waals surface area contributed by atoms with Crippen molar-refractivity contribution in [2.75, 3.05) is 25.7 Å². The van der Waals surface area contributed by atoms with E-state index in [2.05, 4.69) is 10.6 Å². The summed E-state index contributed by atoms with van der Waals surface area (Å²) in [6.07, 6.45) is 7.87. The molecule has 34 heavy (non-hydrogen) atoms. The van der Waals surface area contributed by atoms with Crippen LogP contribution < -0.4 is 10.6 Å². The van der Waals surface area contributed by atoms with Crippen molar-refractivity contribution in [3.63, 3.8) is 0 Å². The number of carbonyl (C=O) groups excluding carboxylic acids is 4. The van der Waals surface area contributed by atoms with E-state index in [9.17, 15) is 19.2 Å². The topological polar surface area (TPSA) is 121 Å². The zero-order valence-corrected chi connectivity index (χ0v) is 20.8. The van der Waals surface area contributed by atoms with Gasteiger partial charge in [-0.25, -0.2) is 9.59 Å². The van der Waals surface area contributed by atoms with Crippen LogP contribution in [0.1, 0.15) is 12.8 Å². The van der Waals surface area contributed by atoms with Gasteiger partial charge in [0.25, 0.3) is 0 Å². The molecule has 0 bridgehead atoms. The Morgan fingerprint density at radius 1 is 0.706 bits per heavy atom. The lowest BCUT2D eigenvalue weighted by Gasteiger charge is -2.18. The van der Waals surface area contributed by atoms with Gasteiger partial charge < -0.3 is 29.2 Å². The van der Waals surface area contributed by atoms with Crippen molar-refractivity contribution in [3.8, 4) is 0 Å². The van der Waals surface area contributed by atoms with Gasteiger partial charge >= 0.3 is 11.9 Å². The molecular formula is C22H30N4O6S2. The molecule has 12 heteroatoms. The average molecular weight is 511 g/mol. The van der Waals surface area contributed by atoms with Gasteiger partial charge in [0.2, 0.25) is 11.8 Å². The van der Waals surface area contributed by atoms with Crippen LogP contribution in [0.25, 0.3) is 0 Å². The van der Waals surface area contributed by atoms with E-state index in [0.717, 1.165) is 0 Å². The van der Waals surface area contributed by atoms with Crippen LogP contribution in [0, 0.1) is 0 Å². The van der Waals surface area contributed by atoms with E-state index in [1.807, 2.05) is 58.2 Å². The Hall–Kier alpha value is -2.86. The second-order valence-corrected chi connectivity index (χ2v) is 9.75. The number of nitrogens with one attached hydrogen (secondary N) is 2. The maximum atomic E-state index is 12.2. The lowest BCUT2D eigenvalue weighted by Crippen LogP contribution is -2.44. The van der Waals surface area contributed by atoms with Gasteiger partial charge in [0.05, 0.1) is 14.2 Å². The number of esters is 2. The fourth-order valence-electron chi connectivity index (χ4n) is 2.89. The number of aryl methyl sites for hydroxylation is 2. The number of carbonyl (C=O) groups is 4. The van der Waals surface area contributed by atoms with Gasteiger partial charge in [-0.3, -0.25) is 9.59 Å². The molecule has 2 aromatic rings. The average Bonchev–Trinajstić information content (AvgIpc) is 3.55. The zero-order chi connectivity index (χ0) is 24.8. The highest BCUT2D eigenvalue weighted by molar-refractivity contribution is 8.76. The van der Waals surface area contributed by atoms with E-state index < -0.39 is 24.0 Å². The smallest absolute Gasteiger partial charge is 0.329 e. The first-order valence-electron chi connectivity index (χ1n) is 10.6. The molecule has 0 aliphatic heterocycles. The molecule has 10 nitrogen and oxygen atoms in total. The Balaban J connectivity index is 1.77. The first kappa shape index (κ1) is 27.4. The van der Waals surface area contributed by atoms with Crippen LogP contribution in [0.5, 0.6) is 0 Å². The molecule has 0 saturated heterocycles.